The number of piperidine rings is 2. The Morgan fingerprint density at radius 1 is 1.18 bits per heavy atom. The van der Waals surface area contributed by atoms with Crippen LogP contribution >= 0.6 is 0 Å². The van der Waals surface area contributed by atoms with E-state index in [0.29, 0.717) is 23.4 Å². The van der Waals surface area contributed by atoms with Crippen LogP contribution in [0.4, 0.5) is 14.6 Å². The maximum absolute atomic E-state index is 16.0. The van der Waals surface area contributed by atoms with Gasteiger partial charge in [0, 0.05) is 35.8 Å². The second kappa shape index (κ2) is 8.79. The van der Waals surface area contributed by atoms with Crippen LogP contribution in [0.1, 0.15) is 52.4 Å². The third-order valence-electron chi connectivity index (χ3n) is 8.34. The number of rotatable bonds is 5. The quantitative estimate of drug-likeness (QED) is 0.489. The predicted octanol–water partition coefficient (Wildman–Crippen LogP) is 3.51. The van der Waals surface area contributed by atoms with Crippen LogP contribution in [0, 0.1) is 5.95 Å². The van der Waals surface area contributed by atoms with Crippen molar-refractivity contribution in [1.82, 2.24) is 30.0 Å². The van der Waals surface area contributed by atoms with E-state index in [2.05, 4.69) is 37.3 Å². The van der Waals surface area contributed by atoms with Crippen LogP contribution in [0.5, 0.6) is 5.75 Å². The first-order valence-corrected chi connectivity index (χ1v) is 13.1. The van der Waals surface area contributed by atoms with Crippen LogP contribution in [-0.4, -0.2) is 59.2 Å². The number of halogens is 2. The summed E-state index contributed by atoms with van der Waals surface area (Å²) < 4.78 is 30.8. The Morgan fingerprint density at radius 2 is 1.97 bits per heavy atom. The molecular formula is C27H31F2N7O2. The number of phenols is 1. The average Bonchev–Trinajstić information content (AvgIpc) is 3.71. The van der Waals surface area contributed by atoms with E-state index in [1.807, 2.05) is 6.92 Å². The topological polar surface area (TPSA) is 109 Å². The van der Waals surface area contributed by atoms with Crippen LogP contribution in [-0.2, 0) is 7.05 Å². The zero-order valence-corrected chi connectivity index (χ0v) is 21.7. The highest BCUT2D eigenvalue weighted by Gasteiger charge is 2.55. The van der Waals surface area contributed by atoms with Gasteiger partial charge in [-0.3, -0.25) is 4.57 Å². The Balaban J connectivity index is 1.28. The van der Waals surface area contributed by atoms with Gasteiger partial charge < -0.3 is 15.3 Å². The van der Waals surface area contributed by atoms with E-state index in [-0.39, 0.29) is 34.9 Å². The molecule has 2 aromatic heterocycles. The van der Waals surface area contributed by atoms with Gasteiger partial charge in [0.15, 0.2) is 17.6 Å². The molecule has 200 valence electrons. The molecule has 4 heterocycles. The molecule has 0 spiro atoms. The Kier molecular flexibility index (Phi) is 5.75. The van der Waals surface area contributed by atoms with E-state index in [0.717, 1.165) is 42.7 Å². The second-order valence-electron chi connectivity index (χ2n) is 11.4. The summed E-state index contributed by atoms with van der Waals surface area (Å²) in [5, 5.41) is 23.0. The number of alkyl halides is 1. The van der Waals surface area contributed by atoms with E-state index in [4.69, 9.17) is 0 Å². The molecule has 6 rings (SSSR count). The fourth-order valence-electron chi connectivity index (χ4n) is 6.28. The van der Waals surface area contributed by atoms with Crippen molar-refractivity contribution in [2.24, 2.45) is 7.05 Å². The molecule has 0 amide bonds. The highest BCUT2D eigenvalue weighted by atomic mass is 19.1. The molecule has 3 fully saturated rings. The normalized spacial score (nSPS) is 28.8. The van der Waals surface area contributed by atoms with E-state index in [1.54, 1.807) is 18.3 Å². The van der Waals surface area contributed by atoms with Gasteiger partial charge in [-0.05, 0) is 64.5 Å². The summed E-state index contributed by atoms with van der Waals surface area (Å²) in [5.41, 5.74) is -0.616. The number of hydrogen-bond donors (Lipinski definition) is 2. The molecule has 1 saturated carbocycles. The van der Waals surface area contributed by atoms with Crippen molar-refractivity contribution in [3.8, 4) is 28.4 Å². The van der Waals surface area contributed by atoms with Crippen LogP contribution < -0.4 is 15.9 Å². The minimum atomic E-state index is -1.05. The third-order valence-corrected chi connectivity index (χ3v) is 8.34. The van der Waals surface area contributed by atoms with Crippen molar-refractivity contribution in [3.05, 3.63) is 46.9 Å². The van der Waals surface area contributed by atoms with Crippen molar-refractivity contribution in [3.63, 3.8) is 0 Å². The molecule has 0 unspecified atom stereocenters. The van der Waals surface area contributed by atoms with Crippen LogP contribution in [0.15, 0.2) is 35.3 Å². The van der Waals surface area contributed by atoms with Gasteiger partial charge in [0.1, 0.15) is 11.9 Å². The summed E-state index contributed by atoms with van der Waals surface area (Å²) in [6.45, 7) is 4.17. The highest BCUT2D eigenvalue weighted by molar-refractivity contribution is 5.71. The zero-order chi connectivity index (χ0) is 26.8. The van der Waals surface area contributed by atoms with Crippen molar-refractivity contribution in [2.45, 2.75) is 81.7 Å². The molecule has 38 heavy (non-hydrogen) atoms. The van der Waals surface area contributed by atoms with E-state index in [1.165, 1.54) is 13.1 Å². The minimum Gasteiger partial charge on any atom is -0.507 e. The van der Waals surface area contributed by atoms with Crippen molar-refractivity contribution < 1.29 is 13.9 Å². The fraction of sp³-hybridized carbons (Fsp3) is 0.519. The van der Waals surface area contributed by atoms with E-state index < -0.39 is 23.3 Å². The molecule has 9 nitrogen and oxygen atoms in total. The second-order valence-corrected chi connectivity index (χ2v) is 11.4. The van der Waals surface area contributed by atoms with Crippen LogP contribution in [0.2, 0.25) is 0 Å². The predicted molar refractivity (Wildman–Crippen MR) is 138 cm³/mol. The number of hydrogen-bond acceptors (Lipinski definition) is 8. The fourth-order valence-corrected chi connectivity index (χ4v) is 6.28. The Hall–Kier alpha value is -3.47. The molecule has 0 radical (unpaired) electrons. The molecule has 3 aromatic rings. The molecule has 2 saturated heterocycles. The summed E-state index contributed by atoms with van der Waals surface area (Å²) in [5.74, 6) is -0.154. The molecule has 2 aliphatic heterocycles. The molecule has 2 N–H and O–H groups in total. The highest BCUT2D eigenvalue weighted by Crippen LogP contribution is 2.46. The Bertz CT molecular complexity index is 1440. The van der Waals surface area contributed by atoms with Gasteiger partial charge in [-0.2, -0.15) is 9.37 Å². The van der Waals surface area contributed by atoms with Gasteiger partial charge in [0.2, 0.25) is 0 Å². The number of benzene rings is 1. The SMILES string of the molecule is Cn1c(F)cc(-c2ccc(-c3ncc(N(C4CC4)[C@H]4C[C@]5(C)CCC[C@@](C)(N5)[C@H]4F)nn3)c(O)c2)nc1=O. The molecule has 2 bridgehead atoms. The van der Waals surface area contributed by atoms with Crippen molar-refractivity contribution in [2.75, 3.05) is 4.90 Å². The molecule has 1 aliphatic carbocycles. The van der Waals surface area contributed by atoms with Gasteiger partial charge in [0.25, 0.3) is 0 Å². The number of anilines is 1. The molecule has 3 aliphatic rings. The standard InChI is InChI=1S/C27H31F2N7O2/c1-26-9-4-10-27(2,34-26)23(29)19(13-26)36(16-6-7-16)22-14-30-24(33-32-22)17-8-5-15(11-20(17)37)18-12-21(28)35(3)25(38)31-18/h5,8,11-12,14,16,19,23,34,37H,4,6-7,9-10,13H2,1-3H3/t19-,23-,26-,27+/m0/s1. The van der Waals surface area contributed by atoms with Gasteiger partial charge in [-0.15, -0.1) is 10.2 Å². The summed E-state index contributed by atoms with van der Waals surface area (Å²) in [6, 6.07) is 5.58. The lowest BCUT2D eigenvalue weighted by Crippen LogP contribution is -2.73. The maximum atomic E-state index is 16.0. The first-order valence-electron chi connectivity index (χ1n) is 13.1. The summed E-state index contributed by atoms with van der Waals surface area (Å²) in [6.07, 6.45) is 6.02. The van der Waals surface area contributed by atoms with E-state index >= 15 is 4.39 Å². The number of fused-ring (bicyclic) bond motifs is 2. The largest absolute Gasteiger partial charge is 0.507 e. The van der Waals surface area contributed by atoms with Crippen LogP contribution in [0.3, 0.4) is 0 Å². The number of aromatic nitrogens is 5. The lowest BCUT2D eigenvalue weighted by Gasteiger charge is -2.57. The molecular weight excluding hydrogens is 492 g/mol. The third kappa shape index (κ3) is 4.22. The maximum Gasteiger partial charge on any atom is 0.350 e. The number of nitrogens with one attached hydrogen (secondary N) is 1. The van der Waals surface area contributed by atoms with Gasteiger partial charge in [-0.1, -0.05) is 6.07 Å². The first kappa shape index (κ1) is 24.8. The summed E-state index contributed by atoms with van der Waals surface area (Å²) in [4.78, 5) is 22.3. The summed E-state index contributed by atoms with van der Waals surface area (Å²) in [7, 11) is 1.29. The monoisotopic (exact) mass is 523 g/mol. The van der Waals surface area contributed by atoms with Crippen LogP contribution in [0.25, 0.3) is 22.6 Å². The van der Waals surface area contributed by atoms with Crippen molar-refractivity contribution in [1.29, 1.82) is 0 Å². The minimum absolute atomic E-state index is 0.108. The zero-order valence-electron chi connectivity index (χ0n) is 21.7. The number of phenolic OH excluding ortho intramolecular Hbond substituents is 1. The van der Waals surface area contributed by atoms with Crippen molar-refractivity contribution >= 4 is 5.82 Å². The summed E-state index contributed by atoms with van der Waals surface area (Å²) >= 11 is 0. The van der Waals surface area contributed by atoms with Gasteiger partial charge >= 0.3 is 5.69 Å². The average molecular weight is 524 g/mol. The molecule has 1 aromatic carbocycles. The smallest absolute Gasteiger partial charge is 0.350 e. The first-order chi connectivity index (χ1) is 18.1. The van der Waals surface area contributed by atoms with E-state index in [9.17, 15) is 14.3 Å². The molecule has 11 heteroatoms. The Morgan fingerprint density at radius 3 is 2.63 bits per heavy atom. The number of aromatic hydroxyl groups is 1. The Labute approximate surface area is 219 Å². The number of nitrogens with zero attached hydrogens (tertiary/aromatic N) is 6. The van der Waals surface area contributed by atoms with Gasteiger partial charge in [0.05, 0.1) is 23.5 Å². The lowest BCUT2D eigenvalue weighted by molar-refractivity contribution is 0.000258. The van der Waals surface area contributed by atoms with Gasteiger partial charge in [-0.25, -0.2) is 14.2 Å². The molecule has 4 atom stereocenters. The lowest BCUT2D eigenvalue weighted by atomic mass is 9.68.